The van der Waals surface area contributed by atoms with Crippen LogP contribution in [0.4, 0.5) is 10.5 Å². The largest absolute Gasteiger partial charge is 0.497 e. The zero-order valence-electron chi connectivity index (χ0n) is 13.9. The number of ether oxygens (including phenoxy) is 1. The molecular weight excluding hydrogens is 294 g/mol. The first-order valence-corrected chi connectivity index (χ1v) is 7.98. The zero-order chi connectivity index (χ0) is 16.6. The summed E-state index contributed by atoms with van der Waals surface area (Å²) in [5, 5.41) is 2.72. The number of nitrogens with zero attached hydrogens (tertiary/aromatic N) is 2. The Morgan fingerprint density at radius 1 is 1.26 bits per heavy atom. The summed E-state index contributed by atoms with van der Waals surface area (Å²) in [5.74, 6) is 0.705. The maximum Gasteiger partial charge on any atom is 0.325 e. The Kier molecular flexibility index (Phi) is 3.92. The van der Waals surface area contributed by atoms with Crippen LogP contribution in [0.2, 0.25) is 0 Å². The zero-order valence-corrected chi connectivity index (χ0v) is 13.9. The molecule has 2 heterocycles. The number of urea groups is 1. The molecular formula is C17H23N3O3. The van der Waals surface area contributed by atoms with Crippen LogP contribution in [0.3, 0.4) is 0 Å². The van der Waals surface area contributed by atoms with Crippen LogP contribution in [0.5, 0.6) is 5.75 Å². The highest BCUT2D eigenvalue weighted by atomic mass is 16.5. The molecule has 0 aromatic heterocycles. The van der Waals surface area contributed by atoms with E-state index >= 15 is 0 Å². The number of anilines is 1. The Balaban J connectivity index is 1.71. The Labute approximate surface area is 136 Å². The van der Waals surface area contributed by atoms with E-state index < -0.39 is 5.54 Å². The molecule has 2 aliphatic heterocycles. The van der Waals surface area contributed by atoms with Crippen LogP contribution in [0, 0.1) is 0 Å². The molecule has 0 aliphatic carbocycles. The van der Waals surface area contributed by atoms with Crippen LogP contribution in [-0.2, 0) is 11.2 Å². The molecule has 3 amide bonds. The van der Waals surface area contributed by atoms with Crippen molar-refractivity contribution in [3.63, 3.8) is 0 Å². The fraction of sp³-hybridized carbons (Fsp3) is 0.529. The molecule has 6 nitrogen and oxygen atoms in total. The molecule has 0 atom stereocenters. The second-order valence-corrected chi connectivity index (χ2v) is 6.60. The van der Waals surface area contributed by atoms with E-state index in [1.165, 1.54) is 16.2 Å². The van der Waals surface area contributed by atoms with E-state index in [2.05, 4.69) is 22.3 Å². The number of amides is 3. The number of rotatable bonds is 4. The van der Waals surface area contributed by atoms with Crippen LogP contribution < -0.4 is 15.0 Å². The van der Waals surface area contributed by atoms with Crippen molar-refractivity contribution in [3.8, 4) is 5.75 Å². The van der Waals surface area contributed by atoms with Crippen molar-refractivity contribution in [2.75, 3.05) is 31.6 Å². The summed E-state index contributed by atoms with van der Waals surface area (Å²) >= 11 is 0. The highest BCUT2D eigenvalue weighted by Gasteiger charge is 2.44. The molecule has 6 heteroatoms. The van der Waals surface area contributed by atoms with Gasteiger partial charge >= 0.3 is 6.03 Å². The van der Waals surface area contributed by atoms with Crippen molar-refractivity contribution in [1.29, 1.82) is 0 Å². The van der Waals surface area contributed by atoms with Crippen LogP contribution in [0.25, 0.3) is 0 Å². The minimum Gasteiger partial charge on any atom is -0.497 e. The summed E-state index contributed by atoms with van der Waals surface area (Å²) < 4.78 is 5.28. The van der Waals surface area contributed by atoms with E-state index in [1.54, 1.807) is 21.0 Å². The summed E-state index contributed by atoms with van der Waals surface area (Å²) in [4.78, 5) is 27.8. The van der Waals surface area contributed by atoms with Gasteiger partial charge < -0.3 is 15.0 Å². The van der Waals surface area contributed by atoms with Gasteiger partial charge in [-0.05, 0) is 50.5 Å². The number of methoxy groups -OCH3 is 1. The third kappa shape index (κ3) is 2.85. The maximum absolute atomic E-state index is 12.2. The fourth-order valence-electron chi connectivity index (χ4n) is 3.25. The third-order valence-electron chi connectivity index (χ3n) is 4.54. The second kappa shape index (κ2) is 5.76. The first-order valence-electron chi connectivity index (χ1n) is 7.98. The molecule has 0 radical (unpaired) electrons. The predicted molar refractivity (Wildman–Crippen MR) is 87.9 cm³/mol. The van der Waals surface area contributed by atoms with Gasteiger partial charge in [0.2, 0.25) is 0 Å². The number of hydrogen-bond donors (Lipinski definition) is 1. The second-order valence-electron chi connectivity index (χ2n) is 6.60. The smallest absolute Gasteiger partial charge is 0.325 e. The molecule has 3 rings (SSSR count). The monoisotopic (exact) mass is 317 g/mol. The molecule has 0 spiro atoms. The van der Waals surface area contributed by atoms with Gasteiger partial charge in [-0.15, -0.1) is 0 Å². The molecule has 1 fully saturated rings. The standard InChI is InChI=1S/C17H23N3O3/c1-17(2)15(21)20(16(22)18-17)10-9-19-8-4-5-12-11-13(23-3)6-7-14(12)19/h6-7,11H,4-5,8-10H2,1-3H3,(H,18,22). The quantitative estimate of drug-likeness (QED) is 0.860. The molecule has 1 aromatic rings. The van der Waals surface area contributed by atoms with Gasteiger partial charge in [0.25, 0.3) is 5.91 Å². The summed E-state index contributed by atoms with van der Waals surface area (Å²) in [7, 11) is 1.67. The number of carbonyl (C=O) groups excluding carboxylic acids is 2. The van der Waals surface area contributed by atoms with Crippen LogP contribution in [0.1, 0.15) is 25.8 Å². The number of benzene rings is 1. The lowest BCUT2D eigenvalue weighted by molar-refractivity contribution is -0.130. The lowest BCUT2D eigenvalue weighted by Gasteiger charge is -2.32. The number of hydrogen-bond acceptors (Lipinski definition) is 4. The SMILES string of the molecule is COc1ccc2c(c1)CCCN2CCN1C(=O)NC(C)(C)C1=O. The molecule has 0 bridgehead atoms. The maximum atomic E-state index is 12.2. The molecule has 1 N–H and O–H groups in total. The third-order valence-corrected chi connectivity index (χ3v) is 4.54. The first-order chi connectivity index (χ1) is 10.9. The Morgan fingerprint density at radius 2 is 2.04 bits per heavy atom. The van der Waals surface area contributed by atoms with Crippen molar-refractivity contribution < 1.29 is 14.3 Å². The van der Waals surface area contributed by atoms with Crippen molar-refractivity contribution in [1.82, 2.24) is 10.2 Å². The number of carbonyl (C=O) groups is 2. The van der Waals surface area contributed by atoms with E-state index in [1.807, 2.05) is 6.07 Å². The van der Waals surface area contributed by atoms with Gasteiger partial charge in [-0.3, -0.25) is 9.69 Å². The van der Waals surface area contributed by atoms with E-state index in [0.717, 1.165) is 25.1 Å². The average molecular weight is 317 g/mol. The van der Waals surface area contributed by atoms with Crippen molar-refractivity contribution >= 4 is 17.6 Å². The fourth-order valence-corrected chi connectivity index (χ4v) is 3.25. The summed E-state index contributed by atoms with van der Waals surface area (Å²) in [6.45, 7) is 5.45. The minimum atomic E-state index is -0.801. The van der Waals surface area contributed by atoms with E-state index in [-0.39, 0.29) is 11.9 Å². The van der Waals surface area contributed by atoms with E-state index in [9.17, 15) is 9.59 Å². The lowest BCUT2D eigenvalue weighted by Crippen LogP contribution is -2.42. The van der Waals surface area contributed by atoms with Gasteiger partial charge in [0.05, 0.1) is 7.11 Å². The van der Waals surface area contributed by atoms with Crippen molar-refractivity contribution in [3.05, 3.63) is 23.8 Å². The highest BCUT2D eigenvalue weighted by Crippen LogP contribution is 2.30. The van der Waals surface area contributed by atoms with Gasteiger partial charge in [-0.2, -0.15) is 0 Å². The number of nitrogens with one attached hydrogen (secondary N) is 1. The molecule has 0 unspecified atom stereocenters. The summed E-state index contributed by atoms with van der Waals surface area (Å²) in [6.07, 6.45) is 2.09. The Morgan fingerprint density at radius 3 is 2.70 bits per heavy atom. The van der Waals surface area contributed by atoms with Crippen molar-refractivity contribution in [2.45, 2.75) is 32.2 Å². The molecule has 2 aliphatic rings. The average Bonchev–Trinajstić information content (AvgIpc) is 2.72. The number of imide groups is 1. The molecule has 1 aromatic carbocycles. The summed E-state index contributed by atoms with van der Waals surface area (Å²) in [5.41, 5.74) is 1.63. The van der Waals surface area contributed by atoms with Gasteiger partial charge in [0.1, 0.15) is 11.3 Å². The van der Waals surface area contributed by atoms with Crippen LogP contribution >= 0.6 is 0 Å². The molecule has 1 saturated heterocycles. The van der Waals surface area contributed by atoms with Crippen LogP contribution in [0.15, 0.2) is 18.2 Å². The van der Waals surface area contributed by atoms with Crippen LogP contribution in [-0.4, -0.2) is 49.1 Å². The van der Waals surface area contributed by atoms with Gasteiger partial charge in [0.15, 0.2) is 0 Å². The number of aryl methyl sites for hydroxylation is 1. The predicted octanol–water partition coefficient (Wildman–Crippen LogP) is 1.78. The van der Waals surface area contributed by atoms with Crippen molar-refractivity contribution in [2.24, 2.45) is 0 Å². The van der Waals surface area contributed by atoms with E-state index in [4.69, 9.17) is 4.74 Å². The number of fused-ring (bicyclic) bond motifs is 1. The van der Waals surface area contributed by atoms with Gasteiger partial charge in [0, 0.05) is 25.3 Å². The first kappa shape index (κ1) is 15.6. The Bertz CT molecular complexity index is 642. The lowest BCUT2D eigenvalue weighted by atomic mass is 10.0. The molecule has 124 valence electrons. The van der Waals surface area contributed by atoms with E-state index in [0.29, 0.717) is 13.1 Å². The molecule has 23 heavy (non-hydrogen) atoms. The van der Waals surface area contributed by atoms with Gasteiger partial charge in [-0.25, -0.2) is 4.79 Å². The topological polar surface area (TPSA) is 61.9 Å². The summed E-state index contributed by atoms with van der Waals surface area (Å²) in [6, 6.07) is 5.78. The normalized spacial score (nSPS) is 19.6. The van der Waals surface area contributed by atoms with Gasteiger partial charge in [-0.1, -0.05) is 0 Å². The molecule has 0 saturated carbocycles. The minimum absolute atomic E-state index is 0.158. The highest BCUT2D eigenvalue weighted by molar-refractivity contribution is 6.06. The Hall–Kier alpha value is -2.24.